The Bertz CT molecular complexity index is 728. The maximum atomic E-state index is 12.7. The van der Waals surface area contributed by atoms with Gasteiger partial charge in [-0.1, -0.05) is 18.2 Å². The van der Waals surface area contributed by atoms with Crippen LogP contribution in [0, 0.1) is 0 Å². The Kier molecular flexibility index (Phi) is 5.05. The minimum Gasteiger partial charge on any atom is -0.327 e. The van der Waals surface area contributed by atoms with E-state index in [0.717, 1.165) is 11.4 Å². The molecule has 0 saturated carbocycles. The molecule has 124 valence electrons. The molecule has 2 aromatic rings. The van der Waals surface area contributed by atoms with Crippen LogP contribution in [0.2, 0.25) is 0 Å². The second-order valence-electron chi connectivity index (χ2n) is 5.50. The summed E-state index contributed by atoms with van der Waals surface area (Å²) in [5.41, 5.74) is 3.36. The average molecular weight is 341 g/mol. The van der Waals surface area contributed by atoms with Gasteiger partial charge < -0.3 is 9.80 Å². The highest BCUT2D eigenvalue weighted by Crippen LogP contribution is 2.24. The molecule has 1 atom stereocenters. The number of likely N-dealkylation sites (N-methyl/N-ethyl adjacent to an activating group) is 1. The van der Waals surface area contributed by atoms with Crippen molar-refractivity contribution in [2.45, 2.75) is 19.4 Å². The fraction of sp³-hybridized carbons (Fsp3) is 0.278. The Morgan fingerprint density at radius 3 is 2.88 bits per heavy atom. The first-order chi connectivity index (χ1) is 11.7. The van der Waals surface area contributed by atoms with E-state index in [9.17, 15) is 9.59 Å². The summed E-state index contributed by atoms with van der Waals surface area (Å²) >= 11 is 1.48. The summed E-state index contributed by atoms with van der Waals surface area (Å²) in [6.45, 7) is 3.03. The highest BCUT2D eigenvalue weighted by molar-refractivity contribution is 7.07. The summed E-state index contributed by atoms with van der Waals surface area (Å²) in [6, 6.07) is 9.18. The number of amides is 2. The van der Waals surface area contributed by atoms with Crippen molar-refractivity contribution in [2.24, 2.45) is 0 Å². The first-order valence-electron chi connectivity index (χ1n) is 7.94. The number of rotatable bonds is 5. The van der Waals surface area contributed by atoms with Gasteiger partial charge in [-0.05, 0) is 31.6 Å². The monoisotopic (exact) mass is 341 g/mol. The zero-order chi connectivity index (χ0) is 16.9. The summed E-state index contributed by atoms with van der Waals surface area (Å²) in [5.74, 6) is -0.169. The molecular weight excluding hydrogens is 322 g/mol. The molecule has 1 aliphatic rings. The first kappa shape index (κ1) is 16.4. The van der Waals surface area contributed by atoms with E-state index in [1.54, 1.807) is 21.4 Å². The van der Waals surface area contributed by atoms with Gasteiger partial charge in [0, 0.05) is 30.2 Å². The van der Waals surface area contributed by atoms with Gasteiger partial charge >= 0.3 is 0 Å². The van der Waals surface area contributed by atoms with Gasteiger partial charge in [0.1, 0.15) is 6.04 Å². The second kappa shape index (κ2) is 7.40. The molecule has 0 unspecified atom stereocenters. The van der Waals surface area contributed by atoms with Gasteiger partial charge in [-0.15, -0.1) is 11.3 Å². The Hall–Kier alpha value is -2.47. The van der Waals surface area contributed by atoms with Gasteiger partial charge in [0.25, 0.3) is 0 Å². The maximum absolute atomic E-state index is 12.7. The number of para-hydroxylation sites is 1. The quantitative estimate of drug-likeness (QED) is 0.786. The third-order valence-corrected chi connectivity index (χ3v) is 4.70. The van der Waals surface area contributed by atoms with E-state index in [4.69, 9.17) is 0 Å². The van der Waals surface area contributed by atoms with E-state index in [1.807, 2.05) is 42.6 Å². The van der Waals surface area contributed by atoms with E-state index >= 15 is 0 Å². The van der Waals surface area contributed by atoms with Crippen molar-refractivity contribution in [3.63, 3.8) is 0 Å². The lowest BCUT2D eigenvalue weighted by molar-refractivity contribution is -0.134. The maximum Gasteiger partial charge on any atom is 0.249 e. The summed E-state index contributed by atoms with van der Waals surface area (Å²) in [5, 5.41) is 1.87. The van der Waals surface area contributed by atoms with E-state index < -0.39 is 6.04 Å². The molecule has 1 aromatic carbocycles. The van der Waals surface area contributed by atoms with Crippen LogP contribution >= 0.6 is 11.3 Å². The van der Waals surface area contributed by atoms with Crippen LogP contribution in [-0.4, -0.2) is 40.8 Å². The Morgan fingerprint density at radius 2 is 2.21 bits per heavy atom. The van der Waals surface area contributed by atoms with Gasteiger partial charge in [0.15, 0.2) is 0 Å². The predicted molar refractivity (Wildman–Crippen MR) is 95.7 cm³/mol. The standard InChI is InChI=1S/C18H19N3O2S/c1-2-20(17(22)9-8-14-12-24-13-19-14)16-10-11-21(18(16)23)15-6-4-3-5-7-15/h3-9,12-13,16H,2,10-11H2,1H3/b9-8-/t16-/m1/s1. The van der Waals surface area contributed by atoms with Gasteiger partial charge in [-0.25, -0.2) is 4.98 Å². The third-order valence-electron chi connectivity index (χ3n) is 4.09. The van der Waals surface area contributed by atoms with Crippen LogP contribution in [0.5, 0.6) is 0 Å². The summed E-state index contributed by atoms with van der Waals surface area (Å²) in [6.07, 6.45) is 3.84. The molecular formula is C18H19N3O2S. The average Bonchev–Trinajstić information content (AvgIpc) is 3.25. The van der Waals surface area contributed by atoms with Crippen molar-refractivity contribution in [3.8, 4) is 0 Å². The molecule has 1 aromatic heterocycles. The van der Waals surface area contributed by atoms with Crippen molar-refractivity contribution in [3.05, 3.63) is 53.0 Å². The van der Waals surface area contributed by atoms with E-state index in [1.165, 1.54) is 17.4 Å². The number of anilines is 1. The zero-order valence-electron chi connectivity index (χ0n) is 13.5. The van der Waals surface area contributed by atoms with Crippen molar-refractivity contribution in [2.75, 3.05) is 18.0 Å². The highest BCUT2D eigenvalue weighted by atomic mass is 32.1. The van der Waals surface area contributed by atoms with Crippen LogP contribution in [0.25, 0.3) is 6.08 Å². The van der Waals surface area contributed by atoms with Crippen LogP contribution in [0.3, 0.4) is 0 Å². The van der Waals surface area contributed by atoms with Crippen LogP contribution in [0.15, 0.2) is 47.3 Å². The molecule has 5 nitrogen and oxygen atoms in total. The third kappa shape index (κ3) is 3.38. The van der Waals surface area contributed by atoms with Crippen LogP contribution < -0.4 is 4.90 Å². The number of carbonyl (C=O) groups is 2. The van der Waals surface area contributed by atoms with Gasteiger partial charge in [0.2, 0.25) is 11.8 Å². The number of thiazole rings is 1. The molecule has 0 bridgehead atoms. The molecule has 0 aliphatic carbocycles. The van der Waals surface area contributed by atoms with Gasteiger partial charge in [-0.3, -0.25) is 9.59 Å². The first-order valence-corrected chi connectivity index (χ1v) is 8.88. The zero-order valence-corrected chi connectivity index (χ0v) is 14.3. The normalized spacial score (nSPS) is 17.6. The molecule has 1 saturated heterocycles. The number of nitrogens with zero attached hydrogens (tertiary/aromatic N) is 3. The largest absolute Gasteiger partial charge is 0.327 e. The fourth-order valence-electron chi connectivity index (χ4n) is 2.90. The van der Waals surface area contributed by atoms with E-state index in [-0.39, 0.29) is 11.8 Å². The van der Waals surface area contributed by atoms with Crippen LogP contribution in [0.1, 0.15) is 19.0 Å². The number of hydrogen-bond acceptors (Lipinski definition) is 4. The van der Waals surface area contributed by atoms with Crippen molar-refractivity contribution in [1.29, 1.82) is 0 Å². The lowest BCUT2D eigenvalue weighted by Crippen LogP contribution is -2.44. The SMILES string of the molecule is CCN(C(=O)/C=C\c1cscn1)[C@@H]1CCN(c2ccccc2)C1=O. The molecule has 3 rings (SSSR count). The van der Waals surface area contributed by atoms with Crippen molar-refractivity contribution >= 4 is 34.9 Å². The van der Waals surface area contributed by atoms with Crippen LogP contribution in [0.4, 0.5) is 5.69 Å². The Balaban J connectivity index is 1.72. The van der Waals surface area contributed by atoms with E-state index in [0.29, 0.717) is 19.5 Å². The van der Waals surface area contributed by atoms with Crippen molar-refractivity contribution in [1.82, 2.24) is 9.88 Å². The van der Waals surface area contributed by atoms with Gasteiger partial charge in [0.05, 0.1) is 11.2 Å². The van der Waals surface area contributed by atoms with Crippen molar-refractivity contribution < 1.29 is 9.59 Å². The number of hydrogen-bond donors (Lipinski definition) is 0. The lowest BCUT2D eigenvalue weighted by Gasteiger charge is -2.25. The minimum absolute atomic E-state index is 0.0153. The number of carbonyl (C=O) groups excluding carboxylic acids is 2. The lowest BCUT2D eigenvalue weighted by atomic mass is 10.2. The Labute approximate surface area is 145 Å². The smallest absolute Gasteiger partial charge is 0.249 e. The molecule has 6 heteroatoms. The molecule has 24 heavy (non-hydrogen) atoms. The Morgan fingerprint density at radius 1 is 1.42 bits per heavy atom. The number of aromatic nitrogens is 1. The molecule has 1 aliphatic heterocycles. The molecule has 0 radical (unpaired) electrons. The molecule has 2 amide bonds. The summed E-state index contributed by atoms with van der Waals surface area (Å²) in [7, 11) is 0. The fourth-order valence-corrected chi connectivity index (χ4v) is 3.43. The highest BCUT2D eigenvalue weighted by Gasteiger charge is 2.37. The second-order valence-corrected chi connectivity index (χ2v) is 6.22. The molecule has 1 fully saturated rings. The number of benzene rings is 1. The summed E-state index contributed by atoms with van der Waals surface area (Å²) in [4.78, 5) is 32.7. The molecule has 0 N–H and O–H groups in total. The minimum atomic E-state index is -0.400. The molecule has 2 heterocycles. The molecule has 0 spiro atoms. The predicted octanol–water partition coefficient (Wildman–Crippen LogP) is 2.81. The summed E-state index contributed by atoms with van der Waals surface area (Å²) < 4.78 is 0. The van der Waals surface area contributed by atoms with Gasteiger partial charge in [-0.2, -0.15) is 0 Å². The van der Waals surface area contributed by atoms with E-state index in [2.05, 4.69) is 4.98 Å². The van der Waals surface area contributed by atoms with Crippen LogP contribution in [-0.2, 0) is 9.59 Å². The topological polar surface area (TPSA) is 53.5 Å².